The van der Waals surface area contributed by atoms with E-state index in [9.17, 15) is 4.79 Å². The van der Waals surface area contributed by atoms with Gasteiger partial charge in [-0.15, -0.1) is 6.42 Å². The van der Waals surface area contributed by atoms with E-state index in [0.717, 1.165) is 59.3 Å². The molecule has 0 atom stereocenters. The number of nitrogen functional groups attached to an aromatic ring is 1. The van der Waals surface area contributed by atoms with E-state index in [1.807, 2.05) is 52.9 Å². The quantitative estimate of drug-likeness (QED) is 0.505. The van der Waals surface area contributed by atoms with Crippen LogP contribution in [0.25, 0.3) is 33.4 Å². The molecule has 6 heteroatoms. The highest BCUT2D eigenvalue weighted by Gasteiger charge is 2.23. The first-order valence-electron chi connectivity index (χ1n) is 10.6. The van der Waals surface area contributed by atoms with Crippen LogP contribution in [0.3, 0.4) is 0 Å². The zero-order valence-electron chi connectivity index (χ0n) is 17.9. The molecule has 0 saturated carbocycles. The summed E-state index contributed by atoms with van der Waals surface area (Å²) in [4.78, 5) is 23.6. The highest BCUT2D eigenvalue weighted by Crippen LogP contribution is 2.41. The number of anilines is 1. The number of aryl methyl sites for hydroxylation is 1. The molecule has 3 aromatic heterocycles. The van der Waals surface area contributed by atoms with Crippen LogP contribution in [0, 0.1) is 12.3 Å². The predicted molar refractivity (Wildman–Crippen MR) is 127 cm³/mol. The summed E-state index contributed by atoms with van der Waals surface area (Å²) in [5, 5.41) is 0.879. The second-order valence-corrected chi connectivity index (χ2v) is 8.03. The van der Waals surface area contributed by atoms with Gasteiger partial charge in [0.2, 0.25) is 0 Å². The highest BCUT2D eigenvalue weighted by atomic mass is 16.2. The molecule has 4 heterocycles. The molecule has 1 amide bonds. The number of benzene rings is 1. The molecule has 1 aliphatic heterocycles. The molecule has 0 aliphatic carbocycles. The van der Waals surface area contributed by atoms with Crippen LogP contribution in [-0.2, 0) is 7.05 Å². The molecule has 5 rings (SSSR count). The Labute approximate surface area is 186 Å². The fourth-order valence-electron chi connectivity index (χ4n) is 4.49. The van der Waals surface area contributed by atoms with Gasteiger partial charge in [0, 0.05) is 54.9 Å². The number of likely N-dealkylation sites (tertiary alicyclic amines) is 1. The largest absolute Gasteiger partial charge is 0.398 e. The van der Waals surface area contributed by atoms with E-state index in [2.05, 4.69) is 15.9 Å². The summed E-state index contributed by atoms with van der Waals surface area (Å²) < 4.78 is 2.02. The summed E-state index contributed by atoms with van der Waals surface area (Å²) in [6.07, 6.45) is 11.1. The lowest BCUT2D eigenvalue weighted by Gasteiger charge is -2.15. The first-order chi connectivity index (χ1) is 15.6. The van der Waals surface area contributed by atoms with Gasteiger partial charge in [0.05, 0.1) is 11.1 Å². The van der Waals surface area contributed by atoms with Gasteiger partial charge in [-0.05, 0) is 48.7 Å². The Bertz CT molecular complexity index is 1350. The molecular weight excluding hydrogens is 398 g/mol. The van der Waals surface area contributed by atoms with Crippen molar-refractivity contribution in [3.05, 3.63) is 66.1 Å². The normalized spacial score (nSPS) is 13.4. The lowest BCUT2D eigenvalue weighted by molar-refractivity contribution is 0.0793. The Hall–Kier alpha value is -4.11. The zero-order valence-corrected chi connectivity index (χ0v) is 17.9. The third-order valence-electron chi connectivity index (χ3n) is 6.10. The Morgan fingerprint density at radius 1 is 1.03 bits per heavy atom. The number of carbonyl (C=O) groups is 1. The standard InChI is InChI=1S/C26H23N5O/c1-3-20-11-10-19(16-29-20)24-22(23-21(27)12-13-28-25(23)30(24)2)17-6-8-18(9-7-17)26(32)31-14-4-5-15-31/h1,6-13,16H,4-5,14-15H2,2H3,(H2,27,28). The summed E-state index contributed by atoms with van der Waals surface area (Å²) >= 11 is 0. The van der Waals surface area contributed by atoms with Gasteiger partial charge in [0.1, 0.15) is 11.3 Å². The van der Waals surface area contributed by atoms with Crippen LogP contribution in [0.5, 0.6) is 0 Å². The average Bonchev–Trinajstić information content (AvgIpc) is 3.47. The summed E-state index contributed by atoms with van der Waals surface area (Å²) in [5.74, 6) is 2.64. The fourth-order valence-corrected chi connectivity index (χ4v) is 4.49. The molecule has 4 aromatic rings. The minimum Gasteiger partial charge on any atom is -0.398 e. The molecule has 1 saturated heterocycles. The smallest absolute Gasteiger partial charge is 0.253 e. The van der Waals surface area contributed by atoms with Gasteiger partial charge in [-0.25, -0.2) is 9.97 Å². The van der Waals surface area contributed by atoms with Gasteiger partial charge >= 0.3 is 0 Å². The van der Waals surface area contributed by atoms with Crippen molar-refractivity contribution in [2.75, 3.05) is 18.8 Å². The van der Waals surface area contributed by atoms with Crippen molar-refractivity contribution in [1.29, 1.82) is 0 Å². The Morgan fingerprint density at radius 3 is 2.41 bits per heavy atom. The van der Waals surface area contributed by atoms with E-state index in [1.54, 1.807) is 18.5 Å². The summed E-state index contributed by atoms with van der Waals surface area (Å²) in [6.45, 7) is 1.66. The second-order valence-electron chi connectivity index (χ2n) is 8.03. The maximum absolute atomic E-state index is 12.8. The van der Waals surface area contributed by atoms with E-state index in [4.69, 9.17) is 12.2 Å². The number of hydrogen-bond acceptors (Lipinski definition) is 4. The Balaban J connectivity index is 1.67. The van der Waals surface area contributed by atoms with Crippen LogP contribution in [0.4, 0.5) is 5.69 Å². The van der Waals surface area contributed by atoms with Crippen molar-refractivity contribution in [2.45, 2.75) is 12.8 Å². The molecule has 2 N–H and O–H groups in total. The lowest BCUT2D eigenvalue weighted by Crippen LogP contribution is -2.27. The predicted octanol–water partition coefficient (Wildman–Crippen LogP) is 4.10. The van der Waals surface area contributed by atoms with Crippen molar-refractivity contribution in [3.63, 3.8) is 0 Å². The van der Waals surface area contributed by atoms with Gasteiger partial charge < -0.3 is 15.2 Å². The van der Waals surface area contributed by atoms with E-state index in [0.29, 0.717) is 16.9 Å². The number of aromatic nitrogens is 3. The van der Waals surface area contributed by atoms with E-state index < -0.39 is 0 Å². The maximum atomic E-state index is 12.8. The number of amides is 1. The van der Waals surface area contributed by atoms with Crippen LogP contribution in [0.15, 0.2) is 54.9 Å². The van der Waals surface area contributed by atoms with Crippen LogP contribution >= 0.6 is 0 Å². The van der Waals surface area contributed by atoms with Crippen molar-refractivity contribution < 1.29 is 4.79 Å². The Morgan fingerprint density at radius 2 is 1.75 bits per heavy atom. The number of nitrogens with zero attached hydrogens (tertiary/aromatic N) is 4. The molecule has 0 unspecified atom stereocenters. The van der Waals surface area contributed by atoms with E-state index in [1.165, 1.54) is 0 Å². The molecule has 0 spiro atoms. The molecular formula is C26H23N5O. The van der Waals surface area contributed by atoms with Gasteiger partial charge in [0.25, 0.3) is 5.91 Å². The van der Waals surface area contributed by atoms with E-state index in [-0.39, 0.29) is 5.91 Å². The number of carbonyl (C=O) groups excluding carboxylic acids is 1. The van der Waals surface area contributed by atoms with Crippen molar-refractivity contribution in [1.82, 2.24) is 19.4 Å². The minimum atomic E-state index is 0.0856. The number of hydrogen-bond donors (Lipinski definition) is 1. The van der Waals surface area contributed by atoms with Crippen LogP contribution in [0.1, 0.15) is 28.9 Å². The minimum absolute atomic E-state index is 0.0856. The summed E-state index contributed by atoms with van der Waals surface area (Å²) in [6, 6.07) is 13.3. The molecule has 1 aromatic carbocycles. The first kappa shape index (κ1) is 19.8. The van der Waals surface area contributed by atoms with Crippen molar-refractivity contribution in [3.8, 4) is 34.7 Å². The van der Waals surface area contributed by atoms with Gasteiger partial charge in [-0.1, -0.05) is 18.1 Å². The molecule has 6 nitrogen and oxygen atoms in total. The number of rotatable bonds is 3. The Kier molecular flexibility index (Phi) is 4.87. The highest BCUT2D eigenvalue weighted by molar-refractivity contribution is 6.08. The number of terminal acetylenes is 1. The van der Waals surface area contributed by atoms with Crippen molar-refractivity contribution in [2.24, 2.45) is 7.05 Å². The van der Waals surface area contributed by atoms with Crippen molar-refractivity contribution >= 4 is 22.6 Å². The second kappa shape index (κ2) is 7.86. The fraction of sp³-hybridized carbons (Fsp3) is 0.192. The zero-order chi connectivity index (χ0) is 22.2. The van der Waals surface area contributed by atoms with E-state index >= 15 is 0 Å². The van der Waals surface area contributed by atoms with Gasteiger partial charge in [0.15, 0.2) is 0 Å². The third kappa shape index (κ3) is 3.19. The lowest BCUT2D eigenvalue weighted by atomic mass is 9.97. The summed E-state index contributed by atoms with van der Waals surface area (Å²) in [5.41, 5.74) is 12.9. The monoisotopic (exact) mass is 421 g/mol. The van der Waals surface area contributed by atoms with Gasteiger partial charge in [-0.2, -0.15) is 0 Å². The molecule has 0 bridgehead atoms. The third-order valence-corrected chi connectivity index (χ3v) is 6.10. The number of fused-ring (bicyclic) bond motifs is 1. The molecule has 158 valence electrons. The van der Waals surface area contributed by atoms with Gasteiger partial charge in [-0.3, -0.25) is 4.79 Å². The maximum Gasteiger partial charge on any atom is 0.253 e. The number of nitrogens with two attached hydrogens (primary N) is 1. The van der Waals surface area contributed by atoms with Crippen LogP contribution in [0.2, 0.25) is 0 Å². The number of pyridine rings is 2. The summed E-state index contributed by atoms with van der Waals surface area (Å²) in [7, 11) is 1.97. The molecule has 1 aliphatic rings. The topological polar surface area (TPSA) is 77.0 Å². The first-order valence-corrected chi connectivity index (χ1v) is 10.6. The molecule has 32 heavy (non-hydrogen) atoms. The average molecular weight is 422 g/mol. The van der Waals surface area contributed by atoms with Crippen LogP contribution < -0.4 is 5.73 Å². The SMILES string of the molecule is C#Cc1ccc(-c2c(-c3ccc(C(=O)N4CCCC4)cc3)c3c(N)ccnc3n2C)cn1. The molecule has 0 radical (unpaired) electrons. The van der Waals surface area contributed by atoms with Crippen LogP contribution in [-0.4, -0.2) is 38.4 Å². The molecule has 1 fully saturated rings.